The lowest BCUT2D eigenvalue weighted by molar-refractivity contribution is -0.266. The van der Waals surface area contributed by atoms with Gasteiger partial charge in [0.1, 0.15) is 11.9 Å². The third kappa shape index (κ3) is 2.05. The lowest BCUT2D eigenvalue weighted by Crippen LogP contribution is -2.74. The van der Waals surface area contributed by atoms with E-state index in [0.29, 0.717) is 24.0 Å². The number of rotatable bonds is 0. The number of epoxide rings is 1. The molecule has 10 unspecified atom stereocenters. The number of hydrogen-bond acceptors (Lipinski definition) is 4. The molecule has 2 heterocycles. The van der Waals surface area contributed by atoms with E-state index in [-0.39, 0.29) is 56.6 Å². The first-order valence-corrected chi connectivity index (χ1v) is 14.1. The van der Waals surface area contributed by atoms with Gasteiger partial charge in [-0.3, -0.25) is 9.59 Å². The van der Waals surface area contributed by atoms with Crippen LogP contribution < -0.4 is 0 Å². The number of esters is 1. The highest BCUT2D eigenvalue weighted by atomic mass is 16.6. The lowest BCUT2D eigenvalue weighted by Gasteiger charge is -2.72. The van der Waals surface area contributed by atoms with Crippen molar-refractivity contribution in [3.05, 3.63) is 0 Å². The number of carbonyl (C=O) groups excluding carboxylic acids is 2. The van der Waals surface area contributed by atoms with Crippen LogP contribution in [0.5, 0.6) is 0 Å². The summed E-state index contributed by atoms with van der Waals surface area (Å²) in [6.07, 6.45) is 9.31. The standard InChI is InChI=1S/C30H44O4/c1-24(2)12-14-29-15-13-28(7)27(6)11-8-17-25(3,4)19(31)9-10-26(17,5)21(27)20-22(33-20)30(28,18(29)16-24)34-23(29)32/h17-18,20-22H,8-16H2,1-7H3. The van der Waals surface area contributed by atoms with Gasteiger partial charge in [-0.1, -0.05) is 48.5 Å². The fourth-order valence-corrected chi connectivity index (χ4v) is 12.0. The summed E-state index contributed by atoms with van der Waals surface area (Å²) in [6.45, 7) is 16.7. The molecule has 0 amide bonds. The molecule has 0 radical (unpaired) electrons. The second-order valence-corrected chi connectivity index (χ2v) is 15.8. The molecule has 4 nitrogen and oxygen atoms in total. The topological polar surface area (TPSA) is 55.9 Å². The Morgan fingerprint density at radius 1 is 0.824 bits per heavy atom. The number of fused-ring (bicyclic) bond motifs is 6. The zero-order valence-electron chi connectivity index (χ0n) is 22.4. The average molecular weight is 469 g/mol. The van der Waals surface area contributed by atoms with Crippen LogP contribution in [0.2, 0.25) is 0 Å². The van der Waals surface area contributed by atoms with E-state index in [4.69, 9.17) is 9.47 Å². The predicted molar refractivity (Wildman–Crippen MR) is 129 cm³/mol. The molecule has 2 bridgehead atoms. The van der Waals surface area contributed by atoms with Gasteiger partial charge in [0.25, 0.3) is 0 Å². The van der Waals surface area contributed by atoms with Crippen LogP contribution in [0.4, 0.5) is 0 Å². The molecular formula is C30H44O4. The first kappa shape index (κ1) is 22.3. The predicted octanol–water partition coefficient (Wildman–Crippen LogP) is 6.10. The molecule has 10 atom stereocenters. The van der Waals surface area contributed by atoms with Crippen LogP contribution in [-0.4, -0.2) is 29.6 Å². The van der Waals surface area contributed by atoms with Gasteiger partial charge in [-0.05, 0) is 79.4 Å². The Balaban J connectivity index is 1.39. The Hall–Kier alpha value is -0.900. The molecule has 5 aliphatic carbocycles. The number of ether oxygens (including phenoxy) is 2. The zero-order valence-corrected chi connectivity index (χ0v) is 22.4. The van der Waals surface area contributed by atoms with Crippen LogP contribution in [0, 0.1) is 50.2 Å². The Kier molecular flexibility index (Phi) is 3.81. The maximum absolute atomic E-state index is 13.7. The minimum atomic E-state index is -0.473. The van der Waals surface area contributed by atoms with Crippen LogP contribution in [0.15, 0.2) is 0 Å². The van der Waals surface area contributed by atoms with Gasteiger partial charge in [0.2, 0.25) is 0 Å². The van der Waals surface area contributed by atoms with Crippen molar-refractivity contribution in [1.82, 2.24) is 0 Å². The van der Waals surface area contributed by atoms with Crippen molar-refractivity contribution < 1.29 is 19.1 Å². The van der Waals surface area contributed by atoms with Crippen molar-refractivity contribution in [3.8, 4) is 0 Å². The molecule has 4 heteroatoms. The van der Waals surface area contributed by atoms with Gasteiger partial charge in [0.15, 0.2) is 5.60 Å². The monoisotopic (exact) mass is 468 g/mol. The molecule has 0 aromatic rings. The van der Waals surface area contributed by atoms with Crippen molar-refractivity contribution in [2.75, 3.05) is 0 Å². The van der Waals surface area contributed by atoms with Gasteiger partial charge in [0.05, 0.1) is 11.5 Å². The fraction of sp³-hybridized carbons (Fsp3) is 0.933. The minimum Gasteiger partial charge on any atom is -0.455 e. The Labute approximate surface area is 205 Å². The van der Waals surface area contributed by atoms with Gasteiger partial charge in [0, 0.05) is 23.2 Å². The van der Waals surface area contributed by atoms with E-state index in [9.17, 15) is 9.59 Å². The number of Topliss-reactive ketones (excluding diaryl/α,β-unsaturated/α-hetero) is 1. The molecule has 0 aromatic carbocycles. The third-order valence-corrected chi connectivity index (χ3v) is 14.0. The van der Waals surface area contributed by atoms with Gasteiger partial charge in [-0.15, -0.1) is 0 Å². The molecule has 7 aliphatic rings. The second kappa shape index (κ2) is 5.81. The number of ketones is 1. The molecule has 7 rings (SSSR count). The summed E-state index contributed by atoms with van der Waals surface area (Å²) in [5, 5.41) is 0. The SMILES string of the molecule is CC1(C)CCC23CCC4(C)C5(C)CCC6C(C)(C)C(=O)CCC6(C)C5C5OC5C4(OC2=O)C3C1. The number of carbonyl (C=O) groups is 2. The van der Waals surface area contributed by atoms with Crippen molar-refractivity contribution in [2.45, 2.75) is 124 Å². The van der Waals surface area contributed by atoms with Crippen LogP contribution in [0.1, 0.15) is 106 Å². The summed E-state index contributed by atoms with van der Waals surface area (Å²) < 4.78 is 13.6. The van der Waals surface area contributed by atoms with E-state index in [1.165, 1.54) is 0 Å². The Morgan fingerprint density at radius 2 is 1.53 bits per heavy atom. The van der Waals surface area contributed by atoms with Gasteiger partial charge in [-0.25, -0.2) is 0 Å². The molecule has 7 fully saturated rings. The Bertz CT molecular complexity index is 1010. The summed E-state index contributed by atoms with van der Waals surface area (Å²) in [6, 6.07) is 0. The number of hydrogen-bond donors (Lipinski definition) is 0. The third-order valence-electron chi connectivity index (χ3n) is 14.0. The molecule has 188 valence electrons. The van der Waals surface area contributed by atoms with Gasteiger partial charge >= 0.3 is 5.97 Å². The highest BCUT2D eigenvalue weighted by Crippen LogP contribution is 2.83. The first-order valence-electron chi connectivity index (χ1n) is 14.1. The molecular weight excluding hydrogens is 424 g/mol. The smallest absolute Gasteiger partial charge is 0.313 e. The van der Waals surface area contributed by atoms with Crippen molar-refractivity contribution in [3.63, 3.8) is 0 Å². The molecule has 1 spiro atoms. The van der Waals surface area contributed by atoms with Crippen molar-refractivity contribution in [1.29, 1.82) is 0 Å². The van der Waals surface area contributed by atoms with Crippen LogP contribution in [0.25, 0.3) is 0 Å². The van der Waals surface area contributed by atoms with Gasteiger partial charge < -0.3 is 9.47 Å². The largest absolute Gasteiger partial charge is 0.455 e. The average Bonchev–Trinajstić information content (AvgIpc) is 3.49. The van der Waals surface area contributed by atoms with Crippen LogP contribution in [0.3, 0.4) is 0 Å². The van der Waals surface area contributed by atoms with Crippen molar-refractivity contribution in [2.24, 2.45) is 50.2 Å². The first-order chi connectivity index (χ1) is 15.7. The maximum atomic E-state index is 13.7. The van der Waals surface area contributed by atoms with Crippen LogP contribution >= 0.6 is 0 Å². The minimum absolute atomic E-state index is 0.0388. The molecule has 34 heavy (non-hydrogen) atoms. The molecule has 0 N–H and O–H groups in total. The molecule has 5 saturated carbocycles. The summed E-state index contributed by atoms with van der Waals surface area (Å²) in [5.74, 6) is 1.65. The van der Waals surface area contributed by atoms with Gasteiger partial charge in [-0.2, -0.15) is 0 Å². The summed E-state index contributed by atoms with van der Waals surface area (Å²) >= 11 is 0. The lowest BCUT2D eigenvalue weighted by atomic mass is 9.31. The fourth-order valence-electron chi connectivity index (χ4n) is 12.0. The molecule has 0 aromatic heterocycles. The molecule has 2 aliphatic heterocycles. The van der Waals surface area contributed by atoms with E-state index < -0.39 is 5.60 Å². The Morgan fingerprint density at radius 3 is 2.26 bits per heavy atom. The summed E-state index contributed by atoms with van der Waals surface area (Å²) in [7, 11) is 0. The summed E-state index contributed by atoms with van der Waals surface area (Å²) in [4.78, 5) is 26.7. The molecule has 2 saturated heterocycles. The van der Waals surface area contributed by atoms with E-state index in [1.54, 1.807) is 0 Å². The van der Waals surface area contributed by atoms with Crippen LogP contribution in [-0.2, 0) is 19.1 Å². The zero-order chi connectivity index (χ0) is 24.3. The van der Waals surface area contributed by atoms with E-state index in [0.717, 1.165) is 51.4 Å². The van der Waals surface area contributed by atoms with E-state index in [2.05, 4.69) is 48.5 Å². The second-order valence-electron chi connectivity index (χ2n) is 15.8. The highest BCUT2D eigenvalue weighted by Gasteiger charge is 2.89. The normalized spacial score (nSPS) is 60.1. The van der Waals surface area contributed by atoms with Crippen molar-refractivity contribution >= 4 is 11.8 Å². The highest BCUT2D eigenvalue weighted by molar-refractivity contribution is 5.85. The summed E-state index contributed by atoms with van der Waals surface area (Å²) in [5.41, 5.74) is -0.720. The maximum Gasteiger partial charge on any atom is 0.313 e. The van der Waals surface area contributed by atoms with E-state index >= 15 is 0 Å². The van der Waals surface area contributed by atoms with E-state index in [1.807, 2.05) is 0 Å². The quantitative estimate of drug-likeness (QED) is 0.318.